The summed E-state index contributed by atoms with van der Waals surface area (Å²) in [7, 11) is 3.79. The van der Waals surface area contributed by atoms with Crippen LogP contribution in [0.5, 0.6) is 0 Å². The van der Waals surface area contributed by atoms with E-state index in [2.05, 4.69) is 5.10 Å². The molecule has 2 aromatic rings. The Labute approximate surface area is 166 Å². The van der Waals surface area contributed by atoms with Crippen LogP contribution in [0.15, 0.2) is 36.5 Å². The molecule has 2 atom stereocenters. The fraction of sp³-hybridized carbons (Fsp3) is 0.500. The van der Waals surface area contributed by atoms with Crippen LogP contribution in [0.25, 0.3) is 0 Å². The van der Waals surface area contributed by atoms with Gasteiger partial charge in [0, 0.05) is 51.5 Å². The first-order valence-electron chi connectivity index (χ1n) is 9.98. The molecule has 1 aromatic carbocycles. The van der Waals surface area contributed by atoms with Crippen molar-refractivity contribution in [1.82, 2.24) is 19.6 Å². The second-order valence-corrected chi connectivity index (χ2v) is 8.30. The zero-order valence-electron chi connectivity index (χ0n) is 16.9. The fourth-order valence-electron chi connectivity index (χ4n) is 4.98. The molecular formula is C22H28N4O2. The summed E-state index contributed by atoms with van der Waals surface area (Å²) in [5.74, 6) is 0.242. The molecule has 1 spiro atoms. The van der Waals surface area contributed by atoms with Crippen molar-refractivity contribution in [3.8, 4) is 0 Å². The number of nitrogens with zero attached hydrogens (tertiary/aromatic N) is 4. The Morgan fingerprint density at radius 2 is 2.04 bits per heavy atom. The van der Waals surface area contributed by atoms with Gasteiger partial charge in [0.2, 0.25) is 11.8 Å². The summed E-state index contributed by atoms with van der Waals surface area (Å²) in [6.07, 6.45) is 3.94. The molecule has 148 valence electrons. The normalized spacial score (nSPS) is 25.0. The lowest BCUT2D eigenvalue weighted by Crippen LogP contribution is -2.51. The molecule has 2 fully saturated rings. The van der Waals surface area contributed by atoms with E-state index >= 15 is 0 Å². The number of hydrogen-bond acceptors (Lipinski definition) is 3. The van der Waals surface area contributed by atoms with E-state index in [-0.39, 0.29) is 17.7 Å². The van der Waals surface area contributed by atoms with Crippen molar-refractivity contribution in [3.05, 3.63) is 53.3 Å². The number of aryl methyl sites for hydroxylation is 2. The average molecular weight is 380 g/mol. The van der Waals surface area contributed by atoms with E-state index in [0.29, 0.717) is 19.5 Å². The van der Waals surface area contributed by atoms with Crippen molar-refractivity contribution in [2.45, 2.75) is 32.1 Å². The number of aromatic nitrogens is 2. The van der Waals surface area contributed by atoms with Crippen molar-refractivity contribution in [2.24, 2.45) is 12.5 Å². The number of hydrogen-bond donors (Lipinski definition) is 0. The Balaban J connectivity index is 1.65. The molecule has 1 aromatic heterocycles. The van der Waals surface area contributed by atoms with E-state index in [1.807, 2.05) is 65.8 Å². The summed E-state index contributed by atoms with van der Waals surface area (Å²) < 4.78 is 1.85. The lowest BCUT2D eigenvalue weighted by Gasteiger charge is -2.40. The standard InChI is InChI=1S/C22H28N4O2/c1-16-7-4-5-8-17(16)13-20(27)26-14-18(19-9-11-23-25(19)3)22(15-26)10-6-12-24(2)21(22)28/h4-5,7-9,11,18H,6,10,12-15H2,1-3H3/t18-,22+/m0/s1. The van der Waals surface area contributed by atoms with Crippen LogP contribution < -0.4 is 0 Å². The molecule has 2 aliphatic heterocycles. The first-order chi connectivity index (χ1) is 13.4. The van der Waals surface area contributed by atoms with Gasteiger partial charge in [-0.1, -0.05) is 24.3 Å². The molecule has 0 saturated carbocycles. The first-order valence-corrected chi connectivity index (χ1v) is 9.98. The van der Waals surface area contributed by atoms with E-state index in [0.717, 1.165) is 36.2 Å². The Morgan fingerprint density at radius 3 is 2.75 bits per heavy atom. The number of amides is 2. The average Bonchev–Trinajstić information content (AvgIpc) is 3.25. The van der Waals surface area contributed by atoms with Crippen LogP contribution in [0, 0.1) is 12.3 Å². The first kappa shape index (κ1) is 18.7. The largest absolute Gasteiger partial charge is 0.345 e. The number of carbonyl (C=O) groups is 2. The molecule has 6 heteroatoms. The number of likely N-dealkylation sites (tertiary alicyclic amines) is 2. The van der Waals surface area contributed by atoms with Gasteiger partial charge < -0.3 is 9.80 Å². The van der Waals surface area contributed by atoms with Gasteiger partial charge in [0.05, 0.1) is 11.8 Å². The van der Waals surface area contributed by atoms with Crippen LogP contribution in [0.3, 0.4) is 0 Å². The number of piperidine rings is 1. The third kappa shape index (κ3) is 3.01. The molecule has 0 unspecified atom stereocenters. The van der Waals surface area contributed by atoms with Crippen molar-refractivity contribution in [1.29, 1.82) is 0 Å². The predicted octanol–water partition coefficient (Wildman–Crippen LogP) is 2.14. The Bertz CT molecular complexity index is 905. The Kier molecular flexibility index (Phi) is 4.73. The van der Waals surface area contributed by atoms with Crippen LogP contribution >= 0.6 is 0 Å². The van der Waals surface area contributed by atoms with E-state index in [4.69, 9.17) is 0 Å². The smallest absolute Gasteiger partial charge is 0.231 e. The van der Waals surface area contributed by atoms with Gasteiger partial charge in [0.15, 0.2) is 0 Å². The van der Waals surface area contributed by atoms with Gasteiger partial charge in [-0.25, -0.2) is 0 Å². The minimum absolute atomic E-state index is 0.0175. The van der Waals surface area contributed by atoms with E-state index in [9.17, 15) is 9.59 Å². The van der Waals surface area contributed by atoms with Crippen molar-refractivity contribution in [2.75, 3.05) is 26.7 Å². The van der Waals surface area contributed by atoms with Crippen molar-refractivity contribution >= 4 is 11.8 Å². The highest BCUT2D eigenvalue weighted by Crippen LogP contribution is 2.49. The topological polar surface area (TPSA) is 58.4 Å². The van der Waals surface area contributed by atoms with Crippen LogP contribution in [-0.4, -0.2) is 58.1 Å². The lowest BCUT2D eigenvalue weighted by atomic mass is 9.70. The molecule has 28 heavy (non-hydrogen) atoms. The summed E-state index contributed by atoms with van der Waals surface area (Å²) in [5.41, 5.74) is 2.68. The molecule has 2 amide bonds. The quantitative estimate of drug-likeness (QED) is 0.820. The second-order valence-electron chi connectivity index (χ2n) is 8.30. The van der Waals surface area contributed by atoms with Crippen LogP contribution in [0.4, 0.5) is 0 Å². The maximum atomic E-state index is 13.3. The highest BCUT2D eigenvalue weighted by atomic mass is 16.2. The van der Waals surface area contributed by atoms with Gasteiger partial charge in [-0.15, -0.1) is 0 Å². The van der Waals surface area contributed by atoms with Gasteiger partial charge in [-0.05, 0) is 37.0 Å². The maximum Gasteiger partial charge on any atom is 0.231 e. The van der Waals surface area contributed by atoms with Crippen molar-refractivity contribution in [3.63, 3.8) is 0 Å². The molecule has 0 N–H and O–H groups in total. The monoisotopic (exact) mass is 380 g/mol. The van der Waals surface area contributed by atoms with Gasteiger partial charge in [0.1, 0.15) is 0 Å². The summed E-state index contributed by atoms with van der Waals surface area (Å²) in [6.45, 7) is 3.89. The van der Waals surface area contributed by atoms with Gasteiger partial charge in [0.25, 0.3) is 0 Å². The molecule has 2 saturated heterocycles. The van der Waals surface area contributed by atoms with Gasteiger partial charge >= 0.3 is 0 Å². The molecule has 6 nitrogen and oxygen atoms in total. The Morgan fingerprint density at radius 1 is 1.25 bits per heavy atom. The van der Waals surface area contributed by atoms with E-state index in [1.54, 1.807) is 6.20 Å². The molecule has 4 rings (SSSR count). The van der Waals surface area contributed by atoms with Gasteiger partial charge in [-0.2, -0.15) is 5.10 Å². The van der Waals surface area contributed by atoms with E-state index < -0.39 is 5.41 Å². The second kappa shape index (κ2) is 7.08. The highest BCUT2D eigenvalue weighted by Gasteiger charge is 2.56. The van der Waals surface area contributed by atoms with Crippen molar-refractivity contribution < 1.29 is 9.59 Å². The SMILES string of the molecule is Cc1ccccc1CC(=O)N1C[C@@H](c2ccnn2C)[C@@]2(CCCN(C)C2=O)C1. The maximum absolute atomic E-state index is 13.3. The zero-order chi connectivity index (χ0) is 19.9. The third-order valence-corrected chi connectivity index (χ3v) is 6.60. The highest BCUT2D eigenvalue weighted by molar-refractivity contribution is 5.87. The predicted molar refractivity (Wildman–Crippen MR) is 107 cm³/mol. The molecule has 0 bridgehead atoms. The molecule has 0 radical (unpaired) electrons. The molecule has 3 heterocycles. The van der Waals surface area contributed by atoms with E-state index in [1.165, 1.54) is 0 Å². The van der Waals surface area contributed by atoms with Crippen LogP contribution in [0.1, 0.15) is 35.6 Å². The summed E-state index contributed by atoms with van der Waals surface area (Å²) >= 11 is 0. The molecule has 0 aliphatic carbocycles. The summed E-state index contributed by atoms with van der Waals surface area (Å²) in [6, 6.07) is 10.00. The fourth-order valence-corrected chi connectivity index (χ4v) is 4.98. The number of rotatable bonds is 3. The van der Waals surface area contributed by atoms with Crippen LogP contribution in [0.2, 0.25) is 0 Å². The number of carbonyl (C=O) groups excluding carboxylic acids is 2. The summed E-state index contributed by atoms with van der Waals surface area (Å²) in [4.78, 5) is 30.2. The lowest BCUT2D eigenvalue weighted by molar-refractivity contribution is -0.145. The molecule has 2 aliphatic rings. The third-order valence-electron chi connectivity index (χ3n) is 6.60. The van der Waals surface area contributed by atoms with Gasteiger partial charge in [-0.3, -0.25) is 14.3 Å². The summed E-state index contributed by atoms with van der Waals surface area (Å²) in [5, 5.41) is 4.32. The van der Waals surface area contributed by atoms with Crippen LogP contribution in [-0.2, 0) is 23.1 Å². The minimum atomic E-state index is -0.539. The Hall–Kier alpha value is -2.63. The number of benzene rings is 1. The molecular weight excluding hydrogens is 352 g/mol. The minimum Gasteiger partial charge on any atom is -0.345 e. The zero-order valence-corrected chi connectivity index (χ0v) is 16.9.